The minimum Gasteiger partial charge on any atom is -0.476 e. The van der Waals surface area contributed by atoms with E-state index in [1.54, 1.807) is 54.6 Å². The molecular weight excluding hydrogens is 562 g/mol. The van der Waals surface area contributed by atoms with Crippen LogP contribution in [0.4, 0.5) is 17.1 Å². The first-order valence-electron chi connectivity index (χ1n) is 12.8. The van der Waals surface area contributed by atoms with Gasteiger partial charge in [-0.2, -0.15) is 0 Å². The first kappa shape index (κ1) is 28.2. The second kappa shape index (κ2) is 11.3. The molecule has 0 fully saturated rings. The monoisotopic (exact) mass is 591 g/mol. The number of carbonyl (C=O) groups excluding carboxylic acids is 1. The minimum absolute atomic E-state index is 0.0254. The highest BCUT2D eigenvalue weighted by Gasteiger charge is 2.36. The summed E-state index contributed by atoms with van der Waals surface area (Å²) in [7, 11) is -7.71. The normalized spacial score (nSPS) is 15.0. The van der Waals surface area contributed by atoms with Crippen molar-refractivity contribution in [2.75, 3.05) is 20.9 Å². The highest BCUT2D eigenvalue weighted by Crippen LogP contribution is 2.36. The van der Waals surface area contributed by atoms with Gasteiger partial charge in [-0.3, -0.25) is 13.8 Å². The Kier molecular flexibility index (Phi) is 7.74. The molecule has 0 aromatic heterocycles. The third-order valence-corrected chi connectivity index (χ3v) is 9.72. The zero-order valence-electron chi connectivity index (χ0n) is 22.4. The highest BCUT2D eigenvalue weighted by molar-refractivity contribution is 7.92. The van der Waals surface area contributed by atoms with Crippen LogP contribution >= 0.6 is 0 Å². The maximum atomic E-state index is 13.4. The summed E-state index contributed by atoms with van der Waals surface area (Å²) >= 11 is 0. The molecule has 0 aliphatic carbocycles. The molecule has 0 bridgehead atoms. The van der Waals surface area contributed by atoms with Gasteiger partial charge in [-0.25, -0.2) is 16.8 Å². The number of benzene rings is 4. The van der Waals surface area contributed by atoms with Crippen LogP contribution in [0.25, 0.3) is 0 Å². The van der Waals surface area contributed by atoms with Gasteiger partial charge in [-0.15, -0.1) is 0 Å². The van der Waals surface area contributed by atoms with Crippen LogP contribution in [0.15, 0.2) is 102 Å². The quantitative estimate of drug-likeness (QED) is 0.302. The number of para-hydroxylation sites is 2. The molecule has 4 aromatic rings. The first-order valence-corrected chi connectivity index (χ1v) is 15.9. The number of hydrogen-bond acceptors (Lipinski definition) is 6. The lowest BCUT2D eigenvalue weighted by Crippen LogP contribution is -2.49. The van der Waals surface area contributed by atoms with Gasteiger partial charge in [0.15, 0.2) is 6.10 Å². The van der Waals surface area contributed by atoms with E-state index in [2.05, 4.69) is 10.0 Å². The number of ether oxygens (including phenoxy) is 1. The number of aryl methyl sites for hydroxylation is 2. The van der Waals surface area contributed by atoms with Gasteiger partial charge in [0.2, 0.25) is 10.0 Å². The fourth-order valence-electron chi connectivity index (χ4n) is 4.45. The molecule has 9 nitrogen and oxygen atoms in total. The van der Waals surface area contributed by atoms with E-state index in [9.17, 15) is 21.6 Å². The van der Waals surface area contributed by atoms with Gasteiger partial charge in [-0.1, -0.05) is 54.6 Å². The molecule has 1 heterocycles. The molecule has 0 saturated heterocycles. The molecular formula is C30H29N3O6S2. The Labute approximate surface area is 239 Å². The predicted molar refractivity (Wildman–Crippen MR) is 159 cm³/mol. The summed E-state index contributed by atoms with van der Waals surface area (Å²) in [5, 5.41) is 2.71. The Morgan fingerprint density at radius 1 is 0.878 bits per heavy atom. The largest absolute Gasteiger partial charge is 0.476 e. The average molecular weight is 592 g/mol. The number of hydrogen-bond donors (Lipinski definition) is 2. The summed E-state index contributed by atoms with van der Waals surface area (Å²) in [5.74, 6) is -0.527. The molecule has 0 saturated carbocycles. The number of rotatable bonds is 8. The lowest BCUT2D eigenvalue weighted by Gasteiger charge is -2.34. The zero-order valence-corrected chi connectivity index (χ0v) is 24.1. The lowest BCUT2D eigenvalue weighted by molar-refractivity contribution is -0.122. The number of amides is 1. The van der Waals surface area contributed by atoms with Crippen molar-refractivity contribution in [2.24, 2.45) is 0 Å². The summed E-state index contributed by atoms with van der Waals surface area (Å²) in [6.45, 7) is 3.47. The molecule has 0 spiro atoms. The number of carbonyl (C=O) groups is 1. The van der Waals surface area contributed by atoms with E-state index in [0.717, 1.165) is 11.1 Å². The van der Waals surface area contributed by atoms with Crippen molar-refractivity contribution in [1.82, 2.24) is 0 Å². The van der Waals surface area contributed by atoms with Gasteiger partial charge in [0, 0.05) is 5.69 Å². The van der Waals surface area contributed by atoms with Gasteiger partial charge in [0.25, 0.3) is 15.9 Å². The molecule has 2 N–H and O–H groups in total. The minimum atomic E-state index is -3.86. The number of nitrogens with zero attached hydrogens (tertiary/aromatic N) is 1. The number of nitrogens with one attached hydrogen (secondary N) is 2. The van der Waals surface area contributed by atoms with Gasteiger partial charge in [-0.05, 0) is 73.0 Å². The summed E-state index contributed by atoms with van der Waals surface area (Å²) in [4.78, 5) is 13.2. The highest BCUT2D eigenvalue weighted by atomic mass is 32.2. The molecule has 212 valence electrons. The van der Waals surface area contributed by atoms with Crippen LogP contribution in [0, 0.1) is 13.8 Å². The van der Waals surface area contributed by atoms with Crippen molar-refractivity contribution in [3.8, 4) is 5.75 Å². The van der Waals surface area contributed by atoms with Gasteiger partial charge < -0.3 is 10.1 Å². The van der Waals surface area contributed by atoms with Crippen molar-refractivity contribution in [3.63, 3.8) is 0 Å². The van der Waals surface area contributed by atoms with E-state index >= 15 is 0 Å². The first-order chi connectivity index (χ1) is 19.5. The van der Waals surface area contributed by atoms with Crippen LogP contribution in [-0.2, 0) is 30.6 Å². The Bertz CT molecular complexity index is 1790. The van der Waals surface area contributed by atoms with Crippen molar-refractivity contribution >= 4 is 43.0 Å². The fourth-order valence-corrected chi connectivity index (χ4v) is 7.16. The summed E-state index contributed by atoms with van der Waals surface area (Å²) in [6, 6.07) is 26.7. The van der Waals surface area contributed by atoms with E-state index in [1.807, 2.05) is 32.0 Å². The number of fused-ring (bicyclic) bond motifs is 1. The Morgan fingerprint density at radius 2 is 1.56 bits per heavy atom. The third-order valence-electron chi connectivity index (χ3n) is 6.62. The van der Waals surface area contributed by atoms with Crippen LogP contribution in [0.3, 0.4) is 0 Å². The SMILES string of the molecule is Cc1ccc(C)c(NS(=O)(=O)c2ccc(NC(=O)[C@@H]3CN(S(=O)(=O)Cc4ccccc4)c4ccccc4O3)cc2)c1. The van der Waals surface area contributed by atoms with Crippen molar-refractivity contribution < 1.29 is 26.4 Å². The molecule has 41 heavy (non-hydrogen) atoms. The molecule has 1 atom stereocenters. The van der Waals surface area contributed by atoms with E-state index in [-0.39, 0.29) is 22.9 Å². The Balaban J connectivity index is 1.32. The maximum absolute atomic E-state index is 13.4. The summed E-state index contributed by atoms with van der Waals surface area (Å²) in [6.07, 6.45) is -1.13. The molecule has 0 radical (unpaired) electrons. The van der Waals surface area contributed by atoms with E-state index in [1.165, 1.54) is 28.6 Å². The predicted octanol–water partition coefficient (Wildman–Crippen LogP) is 4.84. The van der Waals surface area contributed by atoms with Crippen molar-refractivity contribution in [3.05, 3.63) is 114 Å². The van der Waals surface area contributed by atoms with Crippen molar-refractivity contribution in [2.45, 2.75) is 30.6 Å². The van der Waals surface area contributed by atoms with Crippen LogP contribution in [0.5, 0.6) is 5.75 Å². The van der Waals surface area contributed by atoms with Gasteiger partial charge in [0.1, 0.15) is 5.75 Å². The van der Waals surface area contributed by atoms with Crippen LogP contribution in [0.1, 0.15) is 16.7 Å². The maximum Gasteiger partial charge on any atom is 0.267 e. The van der Waals surface area contributed by atoms with Crippen molar-refractivity contribution in [1.29, 1.82) is 0 Å². The second-order valence-corrected chi connectivity index (χ2v) is 13.4. The van der Waals surface area contributed by atoms with Crippen LogP contribution in [0.2, 0.25) is 0 Å². The number of anilines is 3. The molecule has 1 amide bonds. The van der Waals surface area contributed by atoms with Crippen LogP contribution < -0.4 is 19.1 Å². The fraction of sp³-hybridized carbons (Fsp3) is 0.167. The second-order valence-electron chi connectivity index (χ2n) is 9.78. The molecule has 11 heteroatoms. The molecule has 1 aliphatic heterocycles. The van der Waals surface area contributed by atoms with Crippen LogP contribution in [-0.4, -0.2) is 35.4 Å². The smallest absolute Gasteiger partial charge is 0.267 e. The summed E-state index contributed by atoms with van der Waals surface area (Å²) < 4.78 is 62.4. The summed E-state index contributed by atoms with van der Waals surface area (Å²) in [5.41, 5.74) is 3.52. The standard InChI is InChI=1S/C30H29N3O6S2/c1-21-12-13-22(2)26(18-21)32-41(37,38)25-16-14-24(15-17-25)31-30(34)29-19-33(27-10-6-7-11-28(27)39-29)40(35,36)20-23-8-4-3-5-9-23/h3-18,29,32H,19-20H2,1-2H3,(H,31,34)/t29-/m0/s1. The van der Waals surface area contributed by atoms with E-state index in [4.69, 9.17) is 4.74 Å². The van der Waals surface area contributed by atoms with Gasteiger partial charge >= 0.3 is 0 Å². The van der Waals surface area contributed by atoms with Gasteiger partial charge in [0.05, 0.1) is 28.6 Å². The number of sulfonamides is 2. The molecule has 5 rings (SSSR count). The topological polar surface area (TPSA) is 122 Å². The average Bonchev–Trinajstić information content (AvgIpc) is 2.95. The van der Waals surface area contributed by atoms with E-state index in [0.29, 0.717) is 22.6 Å². The van der Waals surface area contributed by atoms with E-state index < -0.39 is 32.1 Å². The lowest BCUT2D eigenvalue weighted by atomic mass is 10.1. The Hall–Kier alpha value is -4.35. The molecule has 1 aliphatic rings. The Morgan fingerprint density at radius 3 is 2.29 bits per heavy atom. The third kappa shape index (κ3) is 6.36. The zero-order chi connectivity index (χ0) is 29.2. The molecule has 0 unspecified atom stereocenters. The molecule has 4 aromatic carbocycles.